The lowest BCUT2D eigenvalue weighted by Gasteiger charge is -2.36. The molecule has 0 radical (unpaired) electrons. The van der Waals surface area contributed by atoms with E-state index in [0.29, 0.717) is 17.9 Å². The van der Waals surface area contributed by atoms with Gasteiger partial charge in [0.2, 0.25) is 0 Å². The van der Waals surface area contributed by atoms with Crippen molar-refractivity contribution < 1.29 is 14.3 Å². The number of hydrogen-bond donors (Lipinski definition) is 0. The van der Waals surface area contributed by atoms with Crippen molar-refractivity contribution in [3.8, 4) is 5.75 Å². The van der Waals surface area contributed by atoms with E-state index in [4.69, 9.17) is 9.47 Å². The molecule has 1 aliphatic rings. The number of hydrogen-bond acceptors (Lipinski definition) is 7. The number of benzene rings is 3. The Morgan fingerprint density at radius 2 is 1.69 bits per heavy atom. The highest BCUT2D eigenvalue weighted by Gasteiger charge is 2.18. The van der Waals surface area contributed by atoms with Crippen molar-refractivity contribution in [3.63, 3.8) is 0 Å². The van der Waals surface area contributed by atoms with Crippen LogP contribution in [0.3, 0.4) is 0 Å². The van der Waals surface area contributed by atoms with Crippen LogP contribution in [-0.2, 0) is 22.7 Å². The minimum Gasteiger partial charge on any atom is -0.494 e. The first kappa shape index (κ1) is 28.0. The zero-order valence-corrected chi connectivity index (χ0v) is 24.4. The first-order valence-corrected chi connectivity index (χ1v) is 15.4. The van der Waals surface area contributed by atoms with Gasteiger partial charge in [-0.1, -0.05) is 36.4 Å². The lowest BCUT2D eigenvalue weighted by Crippen LogP contribution is -2.46. The molecule has 0 aliphatic carbocycles. The topological polar surface area (TPSA) is 64.0 Å². The lowest BCUT2D eigenvalue weighted by molar-refractivity contribution is -0.146. The molecule has 0 bridgehead atoms. The summed E-state index contributed by atoms with van der Waals surface area (Å²) in [5.41, 5.74) is 2.69. The van der Waals surface area contributed by atoms with Crippen LogP contribution < -0.4 is 15.2 Å². The predicted octanol–water partition coefficient (Wildman–Crippen LogP) is 5.94. The van der Waals surface area contributed by atoms with Gasteiger partial charge < -0.3 is 14.4 Å². The second kappa shape index (κ2) is 13.2. The van der Waals surface area contributed by atoms with Crippen molar-refractivity contribution in [1.82, 2.24) is 9.47 Å². The number of unbranched alkanes of at least 4 members (excludes halogenated alkanes) is 1. The Balaban J connectivity index is 0.969. The van der Waals surface area contributed by atoms with Gasteiger partial charge in [0.25, 0.3) is 5.56 Å². The van der Waals surface area contributed by atoms with Crippen molar-refractivity contribution in [2.75, 3.05) is 44.2 Å². The number of anilines is 1. The third kappa shape index (κ3) is 6.66. The molecule has 0 atom stereocenters. The summed E-state index contributed by atoms with van der Waals surface area (Å²) < 4.78 is 14.3. The number of pyridine rings is 1. The van der Waals surface area contributed by atoms with Crippen LogP contribution in [0.25, 0.3) is 21.0 Å². The first-order chi connectivity index (χ1) is 20.6. The number of thiophene rings is 1. The normalized spacial score (nSPS) is 14.0. The van der Waals surface area contributed by atoms with E-state index in [0.717, 1.165) is 56.5 Å². The monoisotopic (exact) mass is 581 g/mol. The summed E-state index contributed by atoms with van der Waals surface area (Å²) in [7, 11) is 0. The fourth-order valence-electron chi connectivity index (χ4n) is 5.53. The number of fused-ring (bicyclic) bond motifs is 2. The quantitative estimate of drug-likeness (QED) is 0.142. The fourth-order valence-corrected chi connectivity index (χ4v) is 6.34. The number of carbonyl (C=O) groups excluding carboxylic acids is 1. The third-order valence-corrected chi connectivity index (χ3v) is 8.72. The molecule has 0 spiro atoms. The number of nitrogens with zero attached hydrogens (tertiary/aromatic N) is 3. The molecule has 2 aromatic heterocycles. The molecular formula is C34H35N3O4S. The molecule has 3 heterocycles. The number of esters is 1. The van der Waals surface area contributed by atoms with E-state index in [-0.39, 0.29) is 24.7 Å². The SMILES string of the molecule is O=C(Cc1ccccc1)OCn1c(=O)ccc2ccc(OCCCCN3CCN(c4cccc5sccc45)CC3)cc21. The summed E-state index contributed by atoms with van der Waals surface area (Å²) in [6.07, 6.45) is 2.18. The Hall–Kier alpha value is -4.14. The standard InChI is InChI=1S/C34H35N3O4S/c38-33-14-12-27-11-13-28(24-31(27)37(33)25-41-34(39)23-26-7-2-1-3-8-26)40-21-5-4-16-35-17-19-36(20-18-35)30-9-6-10-32-29(30)15-22-42-32/h1-3,6-15,22,24H,4-5,16-21,23,25H2. The van der Waals surface area contributed by atoms with Crippen molar-refractivity contribution in [2.24, 2.45) is 0 Å². The van der Waals surface area contributed by atoms with Crippen LogP contribution in [0.15, 0.2) is 95.1 Å². The average Bonchev–Trinajstić information content (AvgIpc) is 3.51. The number of aromatic nitrogens is 1. The van der Waals surface area contributed by atoms with Crippen LogP contribution in [0.5, 0.6) is 5.75 Å². The molecule has 0 unspecified atom stereocenters. The molecule has 0 saturated carbocycles. The molecule has 5 aromatic rings. The van der Waals surface area contributed by atoms with Gasteiger partial charge >= 0.3 is 5.97 Å². The van der Waals surface area contributed by atoms with Gasteiger partial charge in [0.1, 0.15) is 5.75 Å². The summed E-state index contributed by atoms with van der Waals surface area (Å²) >= 11 is 1.80. The number of piperazine rings is 1. The molecule has 6 rings (SSSR count). The lowest BCUT2D eigenvalue weighted by atomic mass is 10.2. The Bertz CT molecular complexity index is 1710. The molecule has 1 fully saturated rings. The van der Waals surface area contributed by atoms with Gasteiger partial charge in [0.15, 0.2) is 6.73 Å². The molecular weight excluding hydrogens is 546 g/mol. The molecule has 1 saturated heterocycles. The number of ether oxygens (including phenoxy) is 2. The van der Waals surface area contributed by atoms with E-state index >= 15 is 0 Å². The third-order valence-electron chi connectivity index (χ3n) is 7.83. The van der Waals surface area contributed by atoms with Gasteiger partial charge in [-0.2, -0.15) is 0 Å². The van der Waals surface area contributed by atoms with Gasteiger partial charge in [-0.05, 0) is 72.1 Å². The molecule has 0 amide bonds. The van der Waals surface area contributed by atoms with Crippen LogP contribution in [0, 0.1) is 0 Å². The molecule has 3 aromatic carbocycles. The molecule has 1 aliphatic heterocycles. The highest BCUT2D eigenvalue weighted by Crippen LogP contribution is 2.31. The molecule has 42 heavy (non-hydrogen) atoms. The second-order valence-electron chi connectivity index (χ2n) is 10.6. The minimum atomic E-state index is -0.376. The van der Waals surface area contributed by atoms with E-state index in [1.165, 1.54) is 26.4 Å². The summed E-state index contributed by atoms with van der Waals surface area (Å²) in [5.74, 6) is 0.326. The molecule has 7 nitrogen and oxygen atoms in total. The first-order valence-electron chi connectivity index (χ1n) is 14.5. The Labute approximate surface area is 249 Å². The van der Waals surface area contributed by atoms with Crippen molar-refractivity contribution in [2.45, 2.75) is 26.0 Å². The predicted molar refractivity (Wildman–Crippen MR) is 170 cm³/mol. The van der Waals surface area contributed by atoms with Crippen LogP contribution >= 0.6 is 11.3 Å². The Kier molecular flexibility index (Phi) is 8.82. The number of rotatable bonds is 11. The van der Waals surface area contributed by atoms with Crippen LogP contribution in [0.2, 0.25) is 0 Å². The van der Waals surface area contributed by atoms with Crippen molar-refractivity contribution >= 4 is 44.0 Å². The average molecular weight is 582 g/mol. The highest BCUT2D eigenvalue weighted by atomic mass is 32.1. The summed E-state index contributed by atoms with van der Waals surface area (Å²) in [6.45, 7) is 5.76. The largest absolute Gasteiger partial charge is 0.494 e. The maximum atomic E-state index is 12.6. The van der Waals surface area contributed by atoms with Gasteiger partial charge in [-0.15, -0.1) is 11.3 Å². The van der Waals surface area contributed by atoms with E-state index < -0.39 is 0 Å². The van der Waals surface area contributed by atoms with E-state index in [9.17, 15) is 9.59 Å². The van der Waals surface area contributed by atoms with Crippen LogP contribution in [-0.4, -0.2) is 54.8 Å². The Morgan fingerprint density at radius 3 is 2.55 bits per heavy atom. The molecule has 216 valence electrons. The smallest absolute Gasteiger partial charge is 0.311 e. The summed E-state index contributed by atoms with van der Waals surface area (Å²) in [4.78, 5) is 30.1. The molecule has 0 N–H and O–H groups in total. The Morgan fingerprint density at radius 1 is 0.857 bits per heavy atom. The maximum Gasteiger partial charge on any atom is 0.311 e. The van der Waals surface area contributed by atoms with E-state index in [1.807, 2.05) is 48.5 Å². The van der Waals surface area contributed by atoms with Crippen molar-refractivity contribution in [3.05, 3.63) is 106 Å². The zero-order valence-electron chi connectivity index (χ0n) is 23.6. The van der Waals surface area contributed by atoms with Crippen LogP contribution in [0.1, 0.15) is 18.4 Å². The minimum absolute atomic E-state index is 0.138. The second-order valence-corrected chi connectivity index (χ2v) is 11.6. The zero-order chi connectivity index (χ0) is 28.7. The van der Waals surface area contributed by atoms with E-state index in [1.54, 1.807) is 17.4 Å². The molecule has 8 heteroatoms. The van der Waals surface area contributed by atoms with Gasteiger partial charge in [0, 0.05) is 54.1 Å². The van der Waals surface area contributed by atoms with Crippen LogP contribution in [0.4, 0.5) is 5.69 Å². The van der Waals surface area contributed by atoms with Gasteiger partial charge in [-0.3, -0.25) is 19.1 Å². The van der Waals surface area contributed by atoms with E-state index in [2.05, 4.69) is 39.4 Å². The van der Waals surface area contributed by atoms with Crippen molar-refractivity contribution in [1.29, 1.82) is 0 Å². The fraction of sp³-hybridized carbons (Fsp3) is 0.294. The maximum absolute atomic E-state index is 12.6. The summed E-state index contributed by atoms with van der Waals surface area (Å²) in [5, 5.41) is 4.42. The summed E-state index contributed by atoms with van der Waals surface area (Å²) in [6, 6.07) is 27.3. The highest BCUT2D eigenvalue weighted by molar-refractivity contribution is 7.17. The van der Waals surface area contributed by atoms with Gasteiger partial charge in [-0.25, -0.2) is 0 Å². The number of carbonyl (C=O) groups is 1. The van der Waals surface area contributed by atoms with Gasteiger partial charge in [0.05, 0.1) is 18.5 Å².